The highest BCUT2D eigenvalue weighted by molar-refractivity contribution is 5.87. The third-order valence-corrected chi connectivity index (χ3v) is 2.82. The fraction of sp³-hybridized carbons (Fsp3) is 0.0769. The third-order valence-electron chi connectivity index (χ3n) is 2.82. The number of aromatic nitrogens is 1. The quantitative estimate of drug-likeness (QED) is 0.852. The van der Waals surface area contributed by atoms with E-state index >= 15 is 0 Å². The molecule has 2 heterocycles. The van der Waals surface area contributed by atoms with E-state index in [0.29, 0.717) is 17.2 Å². The number of rotatable bonds is 2. The highest BCUT2D eigenvalue weighted by Crippen LogP contribution is 2.35. The number of carbonyl (C=O) groups is 1. The molecular weight excluding hydrogens is 250 g/mol. The molecule has 96 valence electrons. The van der Waals surface area contributed by atoms with Gasteiger partial charge in [0.15, 0.2) is 11.5 Å². The number of carboxylic acids is 1. The summed E-state index contributed by atoms with van der Waals surface area (Å²) in [5.41, 5.74) is 0.318. The second-order valence-corrected chi connectivity index (χ2v) is 3.99. The lowest BCUT2D eigenvalue weighted by atomic mass is 10.1. The molecular formula is C13H9NO5. The zero-order valence-electron chi connectivity index (χ0n) is 9.67. The highest BCUT2D eigenvalue weighted by atomic mass is 16.7. The Morgan fingerprint density at radius 2 is 1.95 bits per heavy atom. The van der Waals surface area contributed by atoms with Gasteiger partial charge in [0.05, 0.1) is 0 Å². The molecule has 0 bridgehead atoms. The molecule has 0 fully saturated rings. The van der Waals surface area contributed by atoms with Crippen molar-refractivity contribution >= 4 is 5.97 Å². The lowest BCUT2D eigenvalue weighted by Crippen LogP contribution is -2.17. The van der Waals surface area contributed by atoms with E-state index < -0.39 is 11.5 Å². The summed E-state index contributed by atoms with van der Waals surface area (Å²) >= 11 is 0. The van der Waals surface area contributed by atoms with Crippen LogP contribution in [0.2, 0.25) is 0 Å². The van der Waals surface area contributed by atoms with Crippen LogP contribution in [-0.2, 0) is 0 Å². The fourth-order valence-electron chi connectivity index (χ4n) is 1.87. The van der Waals surface area contributed by atoms with Gasteiger partial charge in [-0.05, 0) is 30.3 Å². The van der Waals surface area contributed by atoms with Crippen molar-refractivity contribution in [3.8, 4) is 22.8 Å². The highest BCUT2D eigenvalue weighted by Gasteiger charge is 2.15. The normalized spacial score (nSPS) is 12.4. The Hall–Kier alpha value is -2.76. The number of hydrogen-bond donors (Lipinski definition) is 2. The van der Waals surface area contributed by atoms with Gasteiger partial charge in [0.2, 0.25) is 6.79 Å². The molecule has 0 saturated heterocycles. The Kier molecular flexibility index (Phi) is 2.49. The van der Waals surface area contributed by atoms with Gasteiger partial charge in [-0.25, -0.2) is 4.79 Å². The van der Waals surface area contributed by atoms with E-state index in [4.69, 9.17) is 14.6 Å². The summed E-state index contributed by atoms with van der Waals surface area (Å²) < 4.78 is 10.4. The molecule has 0 saturated carbocycles. The predicted molar refractivity (Wildman–Crippen MR) is 65.6 cm³/mol. The molecule has 0 spiro atoms. The predicted octanol–water partition coefficient (Wildman–Crippen LogP) is 1.47. The maximum atomic E-state index is 11.6. The Morgan fingerprint density at radius 3 is 2.68 bits per heavy atom. The molecule has 6 nitrogen and oxygen atoms in total. The van der Waals surface area contributed by atoms with Gasteiger partial charge in [0.25, 0.3) is 5.56 Å². The van der Waals surface area contributed by atoms with E-state index in [2.05, 4.69) is 4.98 Å². The number of H-pyrrole nitrogens is 1. The molecule has 0 aliphatic carbocycles. The minimum absolute atomic E-state index is 0.174. The molecule has 0 unspecified atom stereocenters. The minimum Gasteiger partial charge on any atom is -0.477 e. The van der Waals surface area contributed by atoms with Gasteiger partial charge in [-0.15, -0.1) is 0 Å². The average molecular weight is 259 g/mol. The average Bonchev–Trinajstić information content (AvgIpc) is 2.85. The zero-order valence-corrected chi connectivity index (χ0v) is 9.67. The first kappa shape index (κ1) is 11.3. The number of ether oxygens (including phenoxy) is 2. The van der Waals surface area contributed by atoms with Gasteiger partial charge in [0, 0.05) is 11.3 Å². The topological polar surface area (TPSA) is 88.6 Å². The van der Waals surface area contributed by atoms with E-state index in [-0.39, 0.29) is 12.4 Å². The molecule has 1 aliphatic heterocycles. The Labute approximate surface area is 107 Å². The van der Waals surface area contributed by atoms with Crippen LogP contribution in [0.4, 0.5) is 0 Å². The van der Waals surface area contributed by atoms with Gasteiger partial charge >= 0.3 is 5.97 Å². The van der Waals surface area contributed by atoms with Gasteiger partial charge in [0.1, 0.15) is 5.56 Å². The van der Waals surface area contributed by atoms with E-state index in [9.17, 15) is 9.59 Å². The minimum atomic E-state index is -1.25. The molecule has 2 aromatic rings. The summed E-state index contributed by atoms with van der Waals surface area (Å²) in [4.78, 5) is 24.9. The summed E-state index contributed by atoms with van der Waals surface area (Å²) in [6, 6.07) is 8.05. The molecule has 6 heteroatoms. The molecule has 1 aromatic heterocycles. The van der Waals surface area contributed by atoms with Crippen LogP contribution in [0.3, 0.4) is 0 Å². The standard InChI is InChI=1S/C13H9NO5/c15-12-8(13(16)17)2-3-9(14-12)7-1-4-10-11(5-7)19-6-18-10/h1-5H,6H2,(H,14,15)(H,16,17). The van der Waals surface area contributed by atoms with E-state index in [1.54, 1.807) is 24.3 Å². The molecule has 3 rings (SSSR count). The summed E-state index contributed by atoms with van der Waals surface area (Å²) in [6.07, 6.45) is 0. The number of pyridine rings is 1. The van der Waals surface area contributed by atoms with E-state index in [1.807, 2.05) is 0 Å². The number of hydrogen-bond acceptors (Lipinski definition) is 4. The van der Waals surface area contributed by atoms with E-state index in [0.717, 1.165) is 5.56 Å². The second-order valence-electron chi connectivity index (χ2n) is 3.99. The number of benzene rings is 1. The summed E-state index contributed by atoms with van der Waals surface area (Å²) in [5.74, 6) is -0.00704. The van der Waals surface area contributed by atoms with Crippen LogP contribution in [0.25, 0.3) is 11.3 Å². The van der Waals surface area contributed by atoms with Crippen LogP contribution in [-0.4, -0.2) is 22.9 Å². The molecule has 0 radical (unpaired) electrons. The number of aromatic carboxylic acids is 1. The van der Waals surface area contributed by atoms with Crippen molar-refractivity contribution in [3.05, 3.63) is 46.2 Å². The number of fused-ring (bicyclic) bond motifs is 1. The first-order valence-electron chi connectivity index (χ1n) is 5.52. The lowest BCUT2D eigenvalue weighted by molar-refractivity contribution is 0.0695. The second kappa shape index (κ2) is 4.16. The van der Waals surface area contributed by atoms with Crippen molar-refractivity contribution in [3.63, 3.8) is 0 Å². The smallest absolute Gasteiger partial charge is 0.341 e. The SMILES string of the molecule is O=C(O)c1ccc(-c2ccc3c(c2)OCO3)[nH]c1=O. The summed E-state index contributed by atoms with van der Waals surface area (Å²) in [6.45, 7) is 0.174. The van der Waals surface area contributed by atoms with Crippen LogP contribution in [0.5, 0.6) is 11.5 Å². The lowest BCUT2D eigenvalue weighted by Gasteiger charge is -2.03. The van der Waals surface area contributed by atoms with Gasteiger partial charge < -0.3 is 19.6 Å². The van der Waals surface area contributed by atoms with Gasteiger partial charge in [-0.2, -0.15) is 0 Å². The van der Waals surface area contributed by atoms with Crippen LogP contribution < -0.4 is 15.0 Å². The number of carboxylic acid groups (broad SMARTS) is 1. The van der Waals surface area contributed by atoms with Crippen LogP contribution in [0.15, 0.2) is 35.1 Å². The van der Waals surface area contributed by atoms with Crippen molar-refractivity contribution in [2.75, 3.05) is 6.79 Å². The van der Waals surface area contributed by atoms with Crippen molar-refractivity contribution in [2.45, 2.75) is 0 Å². The Bertz CT molecular complexity index is 719. The largest absolute Gasteiger partial charge is 0.477 e. The maximum absolute atomic E-state index is 11.6. The molecule has 2 N–H and O–H groups in total. The molecule has 19 heavy (non-hydrogen) atoms. The third kappa shape index (κ3) is 1.93. The number of nitrogens with one attached hydrogen (secondary N) is 1. The monoisotopic (exact) mass is 259 g/mol. The van der Waals surface area contributed by atoms with Crippen molar-refractivity contribution < 1.29 is 19.4 Å². The molecule has 1 aliphatic rings. The summed E-state index contributed by atoms with van der Waals surface area (Å²) in [7, 11) is 0. The zero-order chi connectivity index (χ0) is 13.4. The maximum Gasteiger partial charge on any atom is 0.341 e. The Balaban J connectivity index is 2.05. The van der Waals surface area contributed by atoms with Crippen molar-refractivity contribution in [2.24, 2.45) is 0 Å². The number of aromatic amines is 1. The molecule has 1 aromatic carbocycles. The van der Waals surface area contributed by atoms with Crippen LogP contribution in [0, 0.1) is 0 Å². The van der Waals surface area contributed by atoms with Crippen LogP contribution >= 0.6 is 0 Å². The van der Waals surface area contributed by atoms with Gasteiger partial charge in [-0.1, -0.05) is 0 Å². The molecule has 0 atom stereocenters. The summed E-state index contributed by atoms with van der Waals surface area (Å²) in [5, 5.41) is 8.80. The molecule has 0 amide bonds. The fourth-order valence-corrected chi connectivity index (χ4v) is 1.87. The van der Waals surface area contributed by atoms with Crippen LogP contribution in [0.1, 0.15) is 10.4 Å². The van der Waals surface area contributed by atoms with Crippen molar-refractivity contribution in [1.29, 1.82) is 0 Å². The first-order chi connectivity index (χ1) is 9.15. The van der Waals surface area contributed by atoms with Crippen molar-refractivity contribution in [1.82, 2.24) is 4.98 Å². The first-order valence-corrected chi connectivity index (χ1v) is 5.52. The Morgan fingerprint density at radius 1 is 1.16 bits per heavy atom. The van der Waals surface area contributed by atoms with Gasteiger partial charge in [-0.3, -0.25) is 4.79 Å². The van der Waals surface area contributed by atoms with E-state index in [1.165, 1.54) is 6.07 Å².